The van der Waals surface area contributed by atoms with Crippen molar-refractivity contribution in [3.63, 3.8) is 0 Å². The molecule has 0 fully saturated rings. The molecule has 0 saturated heterocycles. The summed E-state index contributed by atoms with van der Waals surface area (Å²) in [7, 11) is 0. The maximum atomic E-state index is 6.63. The molecular weight excluding hydrogens is 332 g/mol. The molecule has 0 saturated carbocycles. The maximum absolute atomic E-state index is 6.63. The molecule has 0 spiro atoms. The Morgan fingerprint density at radius 3 is 1.74 bits per heavy atom. The van der Waals surface area contributed by atoms with Crippen molar-refractivity contribution in [2.75, 3.05) is 0 Å². The number of aromatic nitrogens is 3. The van der Waals surface area contributed by atoms with Crippen LogP contribution in [0.25, 0.3) is 11.3 Å². The van der Waals surface area contributed by atoms with E-state index in [1.807, 2.05) is 84.5 Å². The normalized spacial score (nSPS) is 12.7. The van der Waals surface area contributed by atoms with Gasteiger partial charge in [-0.05, 0) is 18.1 Å². The predicted octanol–water partition coefficient (Wildman–Crippen LogP) is 4.08. The first-order valence-corrected chi connectivity index (χ1v) is 9.08. The van der Waals surface area contributed by atoms with Crippen LogP contribution in [-0.2, 0) is 5.54 Å². The van der Waals surface area contributed by atoms with Gasteiger partial charge in [-0.3, -0.25) is 0 Å². The van der Waals surface area contributed by atoms with Crippen LogP contribution in [0.5, 0.6) is 0 Å². The van der Waals surface area contributed by atoms with Gasteiger partial charge in [0.25, 0.3) is 0 Å². The van der Waals surface area contributed by atoms with Crippen molar-refractivity contribution >= 4 is 0 Å². The SMILES string of the molecule is C[C@H](N)C(c1ccccc1)(c1ccccc1)n1cc(-c2ccccc2)nn1. The van der Waals surface area contributed by atoms with Gasteiger partial charge in [0.2, 0.25) is 0 Å². The molecule has 1 atom stereocenters. The van der Waals surface area contributed by atoms with E-state index in [0.29, 0.717) is 0 Å². The first kappa shape index (κ1) is 17.2. The molecule has 4 aromatic rings. The fourth-order valence-electron chi connectivity index (χ4n) is 3.73. The number of hydrogen-bond donors (Lipinski definition) is 1. The quantitative estimate of drug-likeness (QED) is 0.587. The van der Waals surface area contributed by atoms with Gasteiger partial charge >= 0.3 is 0 Å². The Kier molecular flexibility index (Phi) is 4.57. The van der Waals surface area contributed by atoms with Crippen LogP contribution in [0.1, 0.15) is 18.1 Å². The molecule has 1 heterocycles. The highest BCUT2D eigenvalue weighted by atomic mass is 15.5. The van der Waals surface area contributed by atoms with Gasteiger partial charge in [0.05, 0.1) is 6.20 Å². The Balaban J connectivity index is 1.95. The molecule has 3 aromatic carbocycles. The molecule has 1 aromatic heterocycles. The number of benzene rings is 3. The van der Waals surface area contributed by atoms with Gasteiger partial charge in [-0.25, -0.2) is 4.68 Å². The Labute approximate surface area is 159 Å². The first-order valence-electron chi connectivity index (χ1n) is 9.08. The molecule has 0 bridgehead atoms. The molecule has 0 radical (unpaired) electrons. The van der Waals surface area contributed by atoms with Gasteiger partial charge < -0.3 is 5.73 Å². The number of nitrogens with two attached hydrogens (primary N) is 1. The molecular formula is C23H22N4. The molecule has 2 N–H and O–H groups in total. The predicted molar refractivity (Wildman–Crippen MR) is 108 cm³/mol. The minimum Gasteiger partial charge on any atom is -0.325 e. The van der Waals surface area contributed by atoms with Gasteiger partial charge in [0.1, 0.15) is 11.2 Å². The molecule has 4 heteroatoms. The third-order valence-corrected chi connectivity index (χ3v) is 5.01. The number of rotatable bonds is 5. The van der Waals surface area contributed by atoms with Crippen LogP contribution in [0.15, 0.2) is 97.2 Å². The molecule has 0 unspecified atom stereocenters. The molecule has 4 rings (SSSR count). The van der Waals surface area contributed by atoms with E-state index in [1.54, 1.807) is 0 Å². The van der Waals surface area contributed by atoms with Crippen molar-refractivity contribution in [3.05, 3.63) is 108 Å². The van der Waals surface area contributed by atoms with E-state index in [0.717, 1.165) is 22.4 Å². The van der Waals surface area contributed by atoms with Crippen LogP contribution < -0.4 is 5.73 Å². The Hall–Kier alpha value is -3.24. The fourth-order valence-corrected chi connectivity index (χ4v) is 3.73. The standard InChI is InChI=1S/C23H22N4/c1-18(24)23(20-13-7-3-8-14-20,21-15-9-4-10-16-21)27-17-22(25-26-27)19-11-5-2-6-12-19/h2-18H,24H2,1H3/t18-/m0/s1. The zero-order chi connectivity index (χ0) is 18.7. The Morgan fingerprint density at radius 1 is 0.778 bits per heavy atom. The monoisotopic (exact) mass is 354 g/mol. The van der Waals surface area contributed by atoms with E-state index in [1.165, 1.54) is 0 Å². The molecule has 0 aliphatic heterocycles. The minimum absolute atomic E-state index is 0.229. The summed E-state index contributed by atoms with van der Waals surface area (Å²) in [5, 5.41) is 8.97. The second kappa shape index (κ2) is 7.17. The lowest BCUT2D eigenvalue weighted by Crippen LogP contribution is -2.50. The van der Waals surface area contributed by atoms with E-state index >= 15 is 0 Å². The van der Waals surface area contributed by atoms with E-state index in [2.05, 4.69) is 34.6 Å². The van der Waals surface area contributed by atoms with Crippen molar-refractivity contribution < 1.29 is 0 Å². The summed E-state index contributed by atoms with van der Waals surface area (Å²) in [6, 6.07) is 30.4. The highest BCUT2D eigenvalue weighted by molar-refractivity contribution is 5.57. The summed E-state index contributed by atoms with van der Waals surface area (Å²) in [5.41, 5.74) is 9.99. The van der Waals surface area contributed by atoms with Crippen LogP contribution in [0, 0.1) is 0 Å². The van der Waals surface area contributed by atoms with Crippen molar-refractivity contribution in [3.8, 4) is 11.3 Å². The maximum Gasteiger partial charge on any atom is 0.129 e. The fraction of sp³-hybridized carbons (Fsp3) is 0.130. The average molecular weight is 354 g/mol. The van der Waals surface area contributed by atoms with Crippen molar-refractivity contribution in [1.29, 1.82) is 0 Å². The summed E-state index contributed by atoms with van der Waals surface area (Å²) in [5.74, 6) is 0. The smallest absolute Gasteiger partial charge is 0.129 e. The zero-order valence-corrected chi connectivity index (χ0v) is 15.2. The topological polar surface area (TPSA) is 56.7 Å². The summed E-state index contributed by atoms with van der Waals surface area (Å²) in [6.07, 6.45) is 1.98. The number of hydrogen-bond acceptors (Lipinski definition) is 3. The van der Waals surface area contributed by atoms with E-state index in [4.69, 9.17) is 5.73 Å². The van der Waals surface area contributed by atoms with E-state index < -0.39 is 5.54 Å². The largest absolute Gasteiger partial charge is 0.325 e. The van der Waals surface area contributed by atoms with Gasteiger partial charge in [-0.15, -0.1) is 5.10 Å². The van der Waals surface area contributed by atoms with Crippen LogP contribution in [0.4, 0.5) is 0 Å². The first-order chi connectivity index (χ1) is 13.2. The summed E-state index contributed by atoms with van der Waals surface area (Å²) < 4.78 is 1.91. The summed E-state index contributed by atoms with van der Waals surface area (Å²) in [6.45, 7) is 2.02. The Morgan fingerprint density at radius 2 is 1.26 bits per heavy atom. The molecule has 4 nitrogen and oxygen atoms in total. The summed E-state index contributed by atoms with van der Waals surface area (Å²) in [4.78, 5) is 0. The van der Waals surface area contributed by atoms with E-state index in [9.17, 15) is 0 Å². The lowest BCUT2D eigenvalue weighted by Gasteiger charge is -2.38. The van der Waals surface area contributed by atoms with Gasteiger partial charge in [-0.2, -0.15) is 0 Å². The zero-order valence-electron chi connectivity index (χ0n) is 15.2. The molecule has 0 aliphatic rings. The minimum atomic E-state index is -0.650. The third-order valence-electron chi connectivity index (χ3n) is 5.01. The van der Waals surface area contributed by atoms with Crippen LogP contribution in [0.2, 0.25) is 0 Å². The van der Waals surface area contributed by atoms with Crippen molar-refractivity contribution in [2.24, 2.45) is 5.73 Å². The summed E-state index contributed by atoms with van der Waals surface area (Å²) >= 11 is 0. The molecule has 0 aliphatic carbocycles. The lowest BCUT2D eigenvalue weighted by molar-refractivity contribution is 0.323. The number of nitrogens with zero attached hydrogens (tertiary/aromatic N) is 3. The second-order valence-corrected chi connectivity index (χ2v) is 6.70. The average Bonchev–Trinajstić information content (AvgIpc) is 3.21. The Bertz CT molecular complexity index is 953. The van der Waals surface area contributed by atoms with Crippen LogP contribution >= 0.6 is 0 Å². The van der Waals surface area contributed by atoms with Crippen molar-refractivity contribution in [1.82, 2.24) is 15.0 Å². The van der Waals surface area contributed by atoms with Gasteiger partial charge in [0.15, 0.2) is 0 Å². The van der Waals surface area contributed by atoms with Crippen LogP contribution in [-0.4, -0.2) is 21.0 Å². The highest BCUT2D eigenvalue weighted by Crippen LogP contribution is 2.36. The lowest BCUT2D eigenvalue weighted by atomic mass is 9.77. The van der Waals surface area contributed by atoms with E-state index in [-0.39, 0.29) is 6.04 Å². The van der Waals surface area contributed by atoms with Crippen molar-refractivity contribution in [2.45, 2.75) is 18.5 Å². The second-order valence-electron chi connectivity index (χ2n) is 6.70. The van der Waals surface area contributed by atoms with Gasteiger partial charge in [-0.1, -0.05) is 96.2 Å². The highest BCUT2D eigenvalue weighted by Gasteiger charge is 2.41. The van der Waals surface area contributed by atoms with Crippen LogP contribution in [0.3, 0.4) is 0 Å². The molecule has 134 valence electrons. The molecule has 0 amide bonds. The van der Waals surface area contributed by atoms with Gasteiger partial charge in [0, 0.05) is 11.6 Å². The third kappa shape index (κ3) is 2.94. The molecule has 27 heavy (non-hydrogen) atoms.